The van der Waals surface area contributed by atoms with Crippen LogP contribution >= 0.6 is 0 Å². The van der Waals surface area contributed by atoms with Crippen LogP contribution in [0.25, 0.3) is 22.4 Å². The molecule has 0 radical (unpaired) electrons. The predicted octanol–water partition coefficient (Wildman–Crippen LogP) is 2.85. The largest absolute Gasteiger partial charge is 0.334 e. The van der Waals surface area contributed by atoms with E-state index in [4.69, 9.17) is 4.52 Å². The van der Waals surface area contributed by atoms with Crippen molar-refractivity contribution in [1.29, 1.82) is 0 Å². The van der Waals surface area contributed by atoms with Gasteiger partial charge in [0.1, 0.15) is 0 Å². The van der Waals surface area contributed by atoms with Gasteiger partial charge in [-0.3, -0.25) is 4.79 Å². The zero-order valence-electron chi connectivity index (χ0n) is 10.8. The van der Waals surface area contributed by atoms with Crippen molar-refractivity contribution in [3.8, 4) is 11.5 Å². The Hall–Kier alpha value is -2.43. The zero-order valence-corrected chi connectivity index (χ0v) is 10.8. The number of fused-ring (bicyclic) bond motifs is 1. The fourth-order valence-electron chi connectivity index (χ4n) is 2.56. The average molecular weight is 267 g/mol. The monoisotopic (exact) mass is 267 g/mol. The quantitative estimate of drug-likeness (QED) is 0.775. The minimum atomic E-state index is -0.165. The Kier molecular flexibility index (Phi) is 2.45. The number of hydrogen-bond donors (Lipinski definition) is 1. The number of rotatable bonds is 2. The van der Waals surface area contributed by atoms with Crippen molar-refractivity contribution < 1.29 is 4.52 Å². The van der Waals surface area contributed by atoms with E-state index >= 15 is 0 Å². The van der Waals surface area contributed by atoms with Gasteiger partial charge in [-0.05, 0) is 18.9 Å². The predicted molar refractivity (Wildman–Crippen MR) is 74.5 cm³/mol. The lowest BCUT2D eigenvalue weighted by Gasteiger charge is -2.20. The average Bonchev–Trinajstić information content (AvgIpc) is 2.85. The molecular weight excluding hydrogens is 254 g/mol. The Morgan fingerprint density at radius 3 is 2.90 bits per heavy atom. The summed E-state index contributed by atoms with van der Waals surface area (Å²) in [4.78, 5) is 19.0. The molecular formula is C15H13N3O2. The normalized spacial score (nSPS) is 15.4. The molecule has 2 aromatic heterocycles. The van der Waals surface area contributed by atoms with Crippen LogP contribution in [-0.4, -0.2) is 15.1 Å². The van der Waals surface area contributed by atoms with Crippen molar-refractivity contribution in [2.45, 2.75) is 25.2 Å². The van der Waals surface area contributed by atoms with Crippen LogP contribution in [0.2, 0.25) is 0 Å². The summed E-state index contributed by atoms with van der Waals surface area (Å²) in [6.07, 6.45) is 3.46. The third-order valence-electron chi connectivity index (χ3n) is 3.89. The molecule has 5 heteroatoms. The summed E-state index contributed by atoms with van der Waals surface area (Å²) >= 11 is 0. The van der Waals surface area contributed by atoms with Crippen molar-refractivity contribution in [3.63, 3.8) is 0 Å². The second kappa shape index (κ2) is 4.30. The summed E-state index contributed by atoms with van der Waals surface area (Å²) in [6, 6.07) is 9.13. The van der Waals surface area contributed by atoms with E-state index < -0.39 is 0 Å². The summed E-state index contributed by atoms with van der Waals surface area (Å²) in [6.45, 7) is 0. The van der Waals surface area contributed by atoms with Crippen molar-refractivity contribution in [1.82, 2.24) is 15.1 Å². The van der Waals surface area contributed by atoms with E-state index in [2.05, 4.69) is 15.1 Å². The first-order valence-electron chi connectivity index (χ1n) is 6.77. The molecule has 1 aliphatic carbocycles. The van der Waals surface area contributed by atoms with Gasteiger partial charge in [0.05, 0.1) is 5.56 Å². The smallest absolute Gasteiger partial charge is 0.258 e. The van der Waals surface area contributed by atoms with Crippen LogP contribution in [0.4, 0.5) is 0 Å². The molecule has 20 heavy (non-hydrogen) atoms. The van der Waals surface area contributed by atoms with E-state index in [-0.39, 0.29) is 5.56 Å². The van der Waals surface area contributed by atoms with Crippen LogP contribution in [0, 0.1) is 0 Å². The standard InChI is InChI=1S/C15H13N3O2/c19-13-8-11(10-6-1-2-7-12(10)16-13)15-17-14(18-20-15)9-4-3-5-9/h1-2,6-9H,3-5H2,(H,16,19). The van der Waals surface area contributed by atoms with Crippen LogP contribution in [0.5, 0.6) is 0 Å². The van der Waals surface area contributed by atoms with Gasteiger partial charge in [-0.2, -0.15) is 4.98 Å². The molecule has 0 saturated heterocycles. The molecule has 0 spiro atoms. The van der Waals surface area contributed by atoms with E-state index in [1.165, 1.54) is 12.5 Å². The van der Waals surface area contributed by atoms with Crippen LogP contribution in [0.3, 0.4) is 0 Å². The molecule has 1 saturated carbocycles. The molecule has 0 aliphatic heterocycles. The lowest BCUT2D eigenvalue weighted by atomic mass is 9.85. The summed E-state index contributed by atoms with van der Waals surface area (Å²) in [5.41, 5.74) is 1.31. The lowest BCUT2D eigenvalue weighted by molar-refractivity contribution is 0.366. The highest BCUT2D eigenvalue weighted by Gasteiger charge is 2.25. The number of hydrogen-bond acceptors (Lipinski definition) is 4. The second-order valence-corrected chi connectivity index (χ2v) is 5.18. The number of benzene rings is 1. The van der Waals surface area contributed by atoms with E-state index in [1.807, 2.05) is 24.3 Å². The molecule has 1 aliphatic rings. The van der Waals surface area contributed by atoms with Gasteiger partial charge >= 0.3 is 0 Å². The van der Waals surface area contributed by atoms with Gasteiger partial charge in [-0.25, -0.2) is 0 Å². The molecule has 100 valence electrons. The lowest BCUT2D eigenvalue weighted by Crippen LogP contribution is -2.10. The van der Waals surface area contributed by atoms with Crippen LogP contribution in [0.15, 0.2) is 39.6 Å². The minimum absolute atomic E-state index is 0.165. The first-order valence-corrected chi connectivity index (χ1v) is 6.77. The highest BCUT2D eigenvalue weighted by molar-refractivity contribution is 5.91. The SMILES string of the molecule is O=c1cc(-c2nc(C3CCC3)no2)c2ccccc2[nH]1. The van der Waals surface area contributed by atoms with Crippen molar-refractivity contribution in [2.75, 3.05) is 0 Å². The first kappa shape index (κ1) is 11.4. The van der Waals surface area contributed by atoms with Crippen molar-refractivity contribution in [3.05, 3.63) is 46.5 Å². The molecule has 1 N–H and O–H groups in total. The number of H-pyrrole nitrogens is 1. The number of aromatic nitrogens is 3. The Labute approximate surface area is 114 Å². The zero-order chi connectivity index (χ0) is 13.5. The second-order valence-electron chi connectivity index (χ2n) is 5.18. The molecule has 1 fully saturated rings. The van der Waals surface area contributed by atoms with E-state index in [1.54, 1.807) is 0 Å². The molecule has 2 heterocycles. The molecule has 0 amide bonds. The van der Waals surface area contributed by atoms with Crippen LogP contribution in [-0.2, 0) is 0 Å². The highest BCUT2D eigenvalue weighted by atomic mass is 16.5. The number of para-hydroxylation sites is 1. The van der Waals surface area contributed by atoms with Crippen LogP contribution in [0.1, 0.15) is 31.0 Å². The van der Waals surface area contributed by atoms with E-state index in [0.717, 1.165) is 29.6 Å². The van der Waals surface area contributed by atoms with Crippen LogP contribution < -0.4 is 5.56 Å². The molecule has 0 bridgehead atoms. The van der Waals surface area contributed by atoms with Gasteiger partial charge in [0, 0.05) is 22.9 Å². The topological polar surface area (TPSA) is 71.8 Å². The Morgan fingerprint density at radius 2 is 2.10 bits per heavy atom. The highest BCUT2D eigenvalue weighted by Crippen LogP contribution is 2.35. The summed E-state index contributed by atoms with van der Waals surface area (Å²) in [5.74, 6) is 1.60. The number of nitrogens with zero attached hydrogens (tertiary/aromatic N) is 2. The molecule has 4 rings (SSSR count). The van der Waals surface area contributed by atoms with Gasteiger partial charge in [-0.1, -0.05) is 29.8 Å². The molecule has 5 nitrogen and oxygen atoms in total. The summed E-state index contributed by atoms with van der Waals surface area (Å²) in [7, 11) is 0. The molecule has 1 aromatic carbocycles. The molecule has 0 atom stereocenters. The van der Waals surface area contributed by atoms with E-state index in [0.29, 0.717) is 17.4 Å². The Balaban J connectivity index is 1.88. The maximum absolute atomic E-state index is 11.7. The van der Waals surface area contributed by atoms with Crippen molar-refractivity contribution in [2.24, 2.45) is 0 Å². The van der Waals surface area contributed by atoms with Gasteiger partial charge < -0.3 is 9.51 Å². The first-order chi connectivity index (χ1) is 9.81. The van der Waals surface area contributed by atoms with Gasteiger partial charge in [0.25, 0.3) is 5.89 Å². The number of aromatic amines is 1. The van der Waals surface area contributed by atoms with Crippen molar-refractivity contribution >= 4 is 10.9 Å². The molecule has 3 aromatic rings. The van der Waals surface area contributed by atoms with E-state index in [9.17, 15) is 4.79 Å². The fourth-order valence-corrected chi connectivity index (χ4v) is 2.56. The number of pyridine rings is 1. The fraction of sp³-hybridized carbons (Fsp3) is 0.267. The Bertz CT molecular complexity index is 830. The third kappa shape index (κ3) is 1.74. The van der Waals surface area contributed by atoms with Gasteiger partial charge in [0.2, 0.25) is 5.56 Å². The van der Waals surface area contributed by atoms with Gasteiger partial charge in [0.15, 0.2) is 5.82 Å². The summed E-state index contributed by atoms with van der Waals surface area (Å²) < 4.78 is 5.36. The third-order valence-corrected chi connectivity index (χ3v) is 3.89. The molecule has 0 unspecified atom stereocenters. The van der Waals surface area contributed by atoms with Gasteiger partial charge in [-0.15, -0.1) is 0 Å². The maximum atomic E-state index is 11.7. The maximum Gasteiger partial charge on any atom is 0.258 e. The summed E-state index contributed by atoms with van der Waals surface area (Å²) in [5, 5.41) is 4.97. The minimum Gasteiger partial charge on any atom is -0.334 e. The number of nitrogens with one attached hydrogen (secondary N) is 1. The Morgan fingerprint density at radius 1 is 1.25 bits per heavy atom.